The number of rotatable bonds is 16. The van der Waals surface area contributed by atoms with Gasteiger partial charge in [0.05, 0.1) is 27.3 Å². The first-order valence-corrected chi connectivity index (χ1v) is 31.3. The standard InChI is InChI=1S/C40H49N3O5.C35H41N3O3/c1-27-23-30(13-16-35(27)46-8)29-11-9-28(10-12-29)26-43(36(44)25-39(2,3)4)37-34-15-14-33(24-31(34)17-20-41-37)47-32-18-21-42(22-19-32)38(45)48-40(5,6)7;1-24-20-27(10-13-32(24)40-5)26-8-6-25(7-9-26)23-38(33(39)22-35(2,3)4)34-31-12-11-30(21-28(31)14-19-37-34)41-29-15-17-36-18-16-29/h9-17,20,23-24,32H,18-19,21-22,25-26H2,1-8H3;6-14,19-21,29,36H,15-18,22-23H2,1-5H3. The van der Waals surface area contributed by atoms with Crippen LogP contribution in [0.4, 0.5) is 16.4 Å². The summed E-state index contributed by atoms with van der Waals surface area (Å²) in [5, 5.41) is 7.17. The van der Waals surface area contributed by atoms with Crippen molar-refractivity contribution >= 4 is 51.1 Å². The van der Waals surface area contributed by atoms with E-state index in [2.05, 4.69) is 133 Å². The topological polar surface area (TPSA) is 145 Å². The molecule has 2 aliphatic rings. The van der Waals surface area contributed by atoms with E-state index in [1.165, 1.54) is 0 Å². The van der Waals surface area contributed by atoms with Crippen molar-refractivity contribution in [1.82, 2.24) is 20.2 Å². The Morgan fingerprint density at radius 2 is 0.921 bits per heavy atom. The van der Waals surface area contributed by atoms with Crippen molar-refractivity contribution in [3.63, 3.8) is 0 Å². The number of hydrogen-bond acceptors (Lipinski definition) is 11. The van der Waals surface area contributed by atoms with Crippen LogP contribution in [0.3, 0.4) is 0 Å². The van der Waals surface area contributed by atoms with Crippen LogP contribution in [0.2, 0.25) is 0 Å². The summed E-state index contributed by atoms with van der Waals surface area (Å²) in [5.74, 6) is 4.76. The van der Waals surface area contributed by atoms with Gasteiger partial charge >= 0.3 is 6.09 Å². The molecule has 0 atom stereocenters. The molecule has 14 nitrogen and oxygen atoms in total. The Morgan fingerprint density at radius 1 is 0.517 bits per heavy atom. The molecule has 2 fully saturated rings. The van der Waals surface area contributed by atoms with E-state index >= 15 is 0 Å². The molecular weight excluding hydrogens is 1110 g/mol. The van der Waals surface area contributed by atoms with Gasteiger partial charge in [-0.05, 0) is 199 Å². The van der Waals surface area contributed by atoms with Crippen LogP contribution in [0.15, 0.2) is 146 Å². The Labute approximate surface area is 526 Å². The van der Waals surface area contributed by atoms with Crippen LogP contribution in [-0.2, 0) is 27.4 Å². The second-order valence-corrected chi connectivity index (χ2v) is 27.1. The SMILES string of the molecule is COc1ccc(-c2ccc(CN(C(=O)CC(C)(C)C)c3nccc4cc(OC5CCN(C(=O)OC(C)(C)C)CC5)ccc34)cc2)cc1C.COc1ccc(-c2ccc(CN(C(=O)CC(C)(C)C)c3nccc4cc(OC5CCNCC5)ccc34)cc2)cc1C. The fourth-order valence-electron chi connectivity index (χ4n) is 11.4. The number of anilines is 2. The van der Waals surface area contributed by atoms with Gasteiger partial charge in [0.25, 0.3) is 0 Å². The van der Waals surface area contributed by atoms with Crippen LogP contribution in [-0.4, -0.2) is 91.0 Å². The normalized spacial score (nSPS) is 14.1. The van der Waals surface area contributed by atoms with E-state index in [0.717, 1.165) is 128 Å². The largest absolute Gasteiger partial charge is 0.496 e. The first kappa shape index (κ1) is 65.0. The average Bonchev–Trinajstić information content (AvgIpc) is 1.08. The first-order valence-electron chi connectivity index (χ1n) is 31.3. The van der Waals surface area contributed by atoms with Crippen molar-refractivity contribution in [2.75, 3.05) is 50.2 Å². The Kier molecular flexibility index (Phi) is 20.7. The van der Waals surface area contributed by atoms with Crippen LogP contribution in [0, 0.1) is 24.7 Å². The Morgan fingerprint density at radius 3 is 1.30 bits per heavy atom. The Bertz CT molecular complexity index is 3740. The van der Waals surface area contributed by atoms with Crippen molar-refractivity contribution in [2.24, 2.45) is 10.8 Å². The van der Waals surface area contributed by atoms with Gasteiger partial charge in [-0.15, -0.1) is 0 Å². The first-order chi connectivity index (χ1) is 42.4. The van der Waals surface area contributed by atoms with Gasteiger partial charge in [-0.25, -0.2) is 14.8 Å². The Hall–Kier alpha value is -8.49. The monoisotopic (exact) mass is 1200 g/mol. The second-order valence-electron chi connectivity index (χ2n) is 27.1. The molecule has 0 spiro atoms. The zero-order valence-corrected chi connectivity index (χ0v) is 54.5. The smallest absolute Gasteiger partial charge is 0.410 e. The number of likely N-dealkylation sites (tertiary alicyclic amines) is 1. The van der Waals surface area contributed by atoms with E-state index in [4.69, 9.17) is 33.7 Å². The zero-order valence-electron chi connectivity index (χ0n) is 54.5. The molecular formula is C75H90N6O8. The number of carbonyl (C=O) groups excluding carboxylic acids is 3. The summed E-state index contributed by atoms with van der Waals surface area (Å²) in [6.45, 7) is 26.2. The molecule has 14 heteroatoms. The van der Waals surface area contributed by atoms with Crippen molar-refractivity contribution < 1.29 is 38.1 Å². The van der Waals surface area contributed by atoms with Crippen LogP contribution >= 0.6 is 0 Å². The number of benzene rings is 6. The molecule has 2 aromatic heterocycles. The molecule has 3 amide bonds. The van der Waals surface area contributed by atoms with Crippen molar-refractivity contribution in [1.29, 1.82) is 0 Å². The number of nitrogens with zero attached hydrogens (tertiary/aromatic N) is 5. The highest BCUT2D eigenvalue weighted by Crippen LogP contribution is 2.36. The van der Waals surface area contributed by atoms with Crippen molar-refractivity contribution in [3.8, 4) is 45.3 Å². The molecule has 0 aliphatic carbocycles. The molecule has 8 aromatic rings. The van der Waals surface area contributed by atoms with E-state index in [1.54, 1.807) is 31.5 Å². The molecule has 0 radical (unpaired) electrons. The third-order valence-corrected chi connectivity index (χ3v) is 15.9. The summed E-state index contributed by atoms with van der Waals surface area (Å²) in [6.07, 6.45) is 7.77. The summed E-state index contributed by atoms with van der Waals surface area (Å²) in [5.41, 5.74) is 7.86. The number of fused-ring (bicyclic) bond motifs is 2. The number of aromatic nitrogens is 2. The van der Waals surface area contributed by atoms with Gasteiger partial charge in [-0.2, -0.15) is 0 Å². The van der Waals surface area contributed by atoms with Gasteiger partial charge in [-0.1, -0.05) is 102 Å². The quantitative estimate of drug-likeness (QED) is 0.0987. The third-order valence-electron chi connectivity index (χ3n) is 15.9. The summed E-state index contributed by atoms with van der Waals surface area (Å²) in [7, 11) is 3.37. The maximum Gasteiger partial charge on any atom is 0.410 e. The van der Waals surface area contributed by atoms with Gasteiger partial charge in [0.15, 0.2) is 0 Å². The van der Waals surface area contributed by atoms with Crippen molar-refractivity contribution in [3.05, 3.63) is 168 Å². The summed E-state index contributed by atoms with van der Waals surface area (Å²) < 4.78 is 29.1. The van der Waals surface area contributed by atoms with Crippen LogP contribution in [0.5, 0.6) is 23.0 Å². The summed E-state index contributed by atoms with van der Waals surface area (Å²) >= 11 is 0. The number of piperidine rings is 2. The molecule has 2 saturated heterocycles. The molecule has 468 valence electrons. The molecule has 1 N–H and O–H groups in total. The number of hydrogen-bond donors (Lipinski definition) is 1. The van der Waals surface area contributed by atoms with E-state index in [1.807, 2.05) is 92.1 Å². The van der Waals surface area contributed by atoms with Gasteiger partial charge in [0.1, 0.15) is 52.4 Å². The minimum atomic E-state index is -0.516. The van der Waals surface area contributed by atoms with Crippen LogP contribution in [0.1, 0.15) is 123 Å². The van der Waals surface area contributed by atoms with Gasteiger partial charge in [-0.3, -0.25) is 19.4 Å². The summed E-state index contributed by atoms with van der Waals surface area (Å²) in [6, 6.07) is 45.2. The lowest BCUT2D eigenvalue weighted by Crippen LogP contribution is -2.44. The molecule has 0 bridgehead atoms. The number of carbonyl (C=O) groups is 3. The van der Waals surface area contributed by atoms with E-state index in [0.29, 0.717) is 50.7 Å². The molecule has 89 heavy (non-hydrogen) atoms. The maximum absolute atomic E-state index is 13.9. The van der Waals surface area contributed by atoms with Gasteiger partial charge in [0.2, 0.25) is 11.8 Å². The molecule has 10 rings (SSSR count). The van der Waals surface area contributed by atoms with Gasteiger partial charge < -0.3 is 33.9 Å². The fraction of sp³-hybridized carbons (Fsp3) is 0.400. The van der Waals surface area contributed by atoms with Crippen LogP contribution < -0.4 is 34.1 Å². The number of pyridine rings is 2. The average molecular weight is 1200 g/mol. The molecule has 0 saturated carbocycles. The highest BCUT2D eigenvalue weighted by Gasteiger charge is 2.30. The highest BCUT2D eigenvalue weighted by atomic mass is 16.6. The molecule has 6 aromatic carbocycles. The lowest BCUT2D eigenvalue weighted by molar-refractivity contribution is -0.121. The fourth-order valence-corrected chi connectivity index (χ4v) is 11.4. The van der Waals surface area contributed by atoms with E-state index in [9.17, 15) is 14.4 Å². The van der Waals surface area contributed by atoms with Crippen molar-refractivity contribution in [2.45, 2.75) is 146 Å². The van der Waals surface area contributed by atoms with E-state index in [-0.39, 0.29) is 40.9 Å². The number of ether oxygens (including phenoxy) is 5. The number of nitrogens with one attached hydrogen (secondary N) is 1. The molecule has 2 aliphatic heterocycles. The lowest BCUT2D eigenvalue weighted by atomic mass is 9.91. The highest BCUT2D eigenvalue weighted by molar-refractivity contribution is 6.03. The summed E-state index contributed by atoms with van der Waals surface area (Å²) in [4.78, 5) is 55.0. The predicted octanol–water partition coefficient (Wildman–Crippen LogP) is 16.3. The number of amides is 3. The number of aryl methyl sites for hydroxylation is 2. The van der Waals surface area contributed by atoms with E-state index < -0.39 is 5.60 Å². The molecule has 4 heterocycles. The molecule has 0 unspecified atom stereocenters. The maximum atomic E-state index is 13.9. The predicted molar refractivity (Wildman–Crippen MR) is 358 cm³/mol. The van der Waals surface area contributed by atoms with Crippen LogP contribution in [0.25, 0.3) is 43.8 Å². The Balaban J connectivity index is 0.000000214. The second kappa shape index (κ2) is 28.3. The third kappa shape index (κ3) is 17.7. The minimum absolute atomic E-state index is 0.00268. The van der Waals surface area contributed by atoms with Gasteiger partial charge in [0, 0.05) is 61.9 Å². The minimum Gasteiger partial charge on any atom is -0.496 e. The lowest BCUT2D eigenvalue weighted by Gasteiger charge is -2.33. The number of methoxy groups -OCH3 is 2. The zero-order chi connectivity index (χ0) is 63.6.